The van der Waals surface area contributed by atoms with Crippen LogP contribution in [0.5, 0.6) is 5.75 Å². The van der Waals surface area contributed by atoms with E-state index in [1.54, 1.807) is 7.11 Å². The summed E-state index contributed by atoms with van der Waals surface area (Å²) in [6, 6.07) is 14.6. The topological polar surface area (TPSA) is 76.7 Å². The van der Waals surface area contributed by atoms with E-state index in [9.17, 15) is 15.5 Å². The van der Waals surface area contributed by atoms with E-state index in [-0.39, 0.29) is 19.1 Å². The summed E-state index contributed by atoms with van der Waals surface area (Å²) in [5.74, 6) is 1.06. The van der Waals surface area contributed by atoms with Gasteiger partial charge in [0.25, 0.3) is 0 Å². The van der Waals surface area contributed by atoms with Gasteiger partial charge in [0.2, 0.25) is 0 Å². The second-order valence-electron chi connectivity index (χ2n) is 9.00. The Hall–Kier alpha value is -2.39. The Balaban J connectivity index is 2.03. The molecular formula is C27H38N2O3. The summed E-state index contributed by atoms with van der Waals surface area (Å²) in [6.45, 7) is 7.79. The SMILES string of the molecule is COc1cc(CCN(C)CCCC(C#N)(c2ccc(CO)c(CO)c2)C(C)C)ccc1C. The van der Waals surface area contributed by atoms with Crippen LogP contribution in [0.25, 0.3) is 0 Å². The van der Waals surface area contributed by atoms with Gasteiger partial charge in [-0.2, -0.15) is 5.26 Å². The molecule has 0 aliphatic heterocycles. The molecule has 0 saturated heterocycles. The van der Waals surface area contributed by atoms with Crippen molar-refractivity contribution in [2.45, 2.75) is 58.7 Å². The minimum Gasteiger partial charge on any atom is -0.496 e. The first-order chi connectivity index (χ1) is 15.3. The fraction of sp³-hybridized carbons (Fsp3) is 0.519. The normalized spacial score (nSPS) is 13.2. The lowest BCUT2D eigenvalue weighted by Crippen LogP contribution is -2.33. The maximum atomic E-state index is 10.2. The minimum absolute atomic E-state index is 0.116. The van der Waals surface area contributed by atoms with E-state index in [0.717, 1.165) is 49.2 Å². The first-order valence-electron chi connectivity index (χ1n) is 11.4. The summed E-state index contributed by atoms with van der Waals surface area (Å²) >= 11 is 0. The Kier molecular flexibility index (Phi) is 9.71. The van der Waals surface area contributed by atoms with E-state index in [0.29, 0.717) is 11.1 Å². The largest absolute Gasteiger partial charge is 0.496 e. The zero-order valence-corrected chi connectivity index (χ0v) is 20.2. The van der Waals surface area contributed by atoms with Crippen LogP contribution in [-0.2, 0) is 25.0 Å². The summed E-state index contributed by atoms with van der Waals surface area (Å²) in [5.41, 5.74) is 4.10. The number of methoxy groups -OCH3 is 1. The van der Waals surface area contributed by atoms with Gasteiger partial charge in [0, 0.05) is 6.54 Å². The maximum absolute atomic E-state index is 10.2. The summed E-state index contributed by atoms with van der Waals surface area (Å²) in [6.07, 6.45) is 2.59. The lowest BCUT2D eigenvalue weighted by molar-refractivity contribution is 0.259. The fourth-order valence-electron chi connectivity index (χ4n) is 4.30. The average Bonchev–Trinajstić information content (AvgIpc) is 2.80. The number of aliphatic hydroxyl groups excluding tert-OH is 2. The van der Waals surface area contributed by atoms with Gasteiger partial charge in [-0.3, -0.25) is 0 Å². The quantitative estimate of drug-likeness (QED) is 0.515. The number of aliphatic hydroxyl groups is 2. The van der Waals surface area contributed by atoms with E-state index in [4.69, 9.17) is 4.74 Å². The van der Waals surface area contributed by atoms with E-state index in [2.05, 4.69) is 50.1 Å². The predicted molar refractivity (Wildman–Crippen MR) is 129 cm³/mol. The number of hydrogen-bond acceptors (Lipinski definition) is 5. The predicted octanol–water partition coefficient (Wildman–Crippen LogP) is 4.36. The zero-order chi connectivity index (χ0) is 23.7. The molecule has 0 heterocycles. The Morgan fingerprint density at radius 1 is 1.06 bits per heavy atom. The summed E-state index contributed by atoms with van der Waals surface area (Å²) < 4.78 is 5.43. The highest BCUT2D eigenvalue weighted by atomic mass is 16.5. The van der Waals surface area contributed by atoms with Crippen molar-refractivity contribution in [3.8, 4) is 11.8 Å². The van der Waals surface area contributed by atoms with Crippen LogP contribution in [0.1, 0.15) is 54.5 Å². The molecule has 0 bridgehead atoms. The van der Waals surface area contributed by atoms with Crippen LogP contribution in [0.3, 0.4) is 0 Å². The molecule has 1 atom stereocenters. The van der Waals surface area contributed by atoms with Crippen molar-refractivity contribution >= 4 is 0 Å². The van der Waals surface area contributed by atoms with Gasteiger partial charge in [0.15, 0.2) is 0 Å². The first kappa shape index (κ1) is 25.9. The van der Waals surface area contributed by atoms with Crippen molar-refractivity contribution in [3.63, 3.8) is 0 Å². The molecule has 0 amide bonds. The highest BCUT2D eigenvalue weighted by Gasteiger charge is 2.36. The van der Waals surface area contributed by atoms with Crippen LogP contribution in [0.4, 0.5) is 0 Å². The second-order valence-corrected chi connectivity index (χ2v) is 9.00. The molecular weight excluding hydrogens is 400 g/mol. The monoisotopic (exact) mass is 438 g/mol. The van der Waals surface area contributed by atoms with E-state index >= 15 is 0 Å². The van der Waals surface area contributed by atoms with Crippen molar-refractivity contribution < 1.29 is 14.9 Å². The van der Waals surface area contributed by atoms with Gasteiger partial charge in [-0.25, -0.2) is 0 Å². The summed E-state index contributed by atoms with van der Waals surface area (Å²) in [4.78, 5) is 2.31. The van der Waals surface area contributed by atoms with Gasteiger partial charge in [0.05, 0.1) is 31.8 Å². The molecule has 2 aromatic carbocycles. The van der Waals surface area contributed by atoms with Crippen LogP contribution in [-0.4, -0.2) is 42.4 Å². The molecule has 0 spiro atoms. The van der Waals surface area contributed by atoms with E-state index in [1.165, 1.54) is 5.56 Å². The first-order valence-corrected chi connectivity index (χ1v) is 11.4. The zero-order valence-electron chi connectivity index (χ0n) is 20.2. The molecule has 2 rings (SSSR count). The number of nitriles is 1. The Morgan fingerprint density at radius 3 is 2.38 bits per heavy atom. The van der Waals surface area contributed by atoms with Gasteiger partial charge in [-0.1, -0.05) is 44.2 Å². The summed E-state index contributed by atoms with van der Waals surface area (Å²) in [5, 5.41) is 29.4. The summed E-state index contributed by atoms with van der Waals surface area (Å²) in [7, 11) is 3.82. The van der Waals surface area contributed by atoms with E-state index < -0.39 is 5.41 Å². The second kappa shape index (κ2) is 12.0. The Morgan fingerprint density at radius 2 is 1.78 bits per heavy atom. The highest BCUT2D eigenvalue weighted by Crippen LogP contribution is 2.37. The lowest BCUT2D eigenvalue weighted by Gasteiger charge is -2.32. The molecule has 0 saturated carbocycles. The molecule has 0 radical (unpaired) electrons. The van der Waals surface area contributed by atoms with Gasteiger partial charge in [0.1, 0.15) is 5.75 Å². The smallest absolute Gasteiger partial charge is 0.122 e. The number of likely N-dealkylation sites (N-methyl/N-ethyl adjacent to an activating group) is 1. The molecule has 5 nitrogen and oxygen atoms in total. The van der Waals surface area contributed by atoms with E-state index in [1.807, 2.05) is 25.1 Å². The average molecular weight is 439 g/mol. The van der Waals surface area contributed by atoms with Crippen molar-refractivity contribution in [2.75, 3.05) is 27.2 Å². The van der Waals surface area contributed by atoms with Gasteiger partial charge >= 0.3 is 0 Å². The molecule has 0 aromatic heterocycles. The van der Waals surface area contributed by atoms with Gasteiger partial charge < -0.3 is 19.8 Å². The molecule has 2 N–H and O–H groups in total. The molecule has 0 aliphatic carbocycles. The third-order valence-electron chi connectivity index (χ3n) is 6.61. The Labute approximate surface area is 193 Å². The molecule has 0 aliphatic rings. The maximum Gasteiger partial charge on any atom is 0.122 e. The van der Waals surface area contributed by atoms with Crippen LogP contribution in [0.15, 0.2) is 36.4 Å². The number of aryl methyl sites for hydroxylation is 1. The van der Waals surface area contributed by atoms with Gasteiger partial charge in [-0.05, 0) is 79.6 Å². The van der Waals surface area contributed by atoms with Crippen molar-refractivity contribution in [2.24, 2.45) is 5.92 Å². The standard InChI is InChI=1S/C27H38N2O3/c1-20(2)27(19-28,25-10-9-23(17-30)24(16-25)18-31)12-6-13-29(4)14-11-22-8-7-21(3)26(15-22)32-5/h7-10,15-16,20,30-31H,6,11-14,17-18H2,1-5H3. The van der Waals surface area contributed by atoms with Gasteiger partial charge in [-0.15, -0.1) is 0 Å². The highest BCUT2D eigenvalue weighted by molar-refractivity contribution is 5.40. The number of rotatable bonds is 12. The molecule has 1 unspecified atom stereocenters. The molecule has 2 aromatic rings. The van der Waals surface area contributed by atoms with Crippen molar-refractivity contribution in [1.29, 1.82) is 5.26 Å². The fourth-order valence-corrected chi connectivity index (χ4v) is 4.30. The molecule has 0 fully saturated rings. The number of nitrogens with zero attached hydrogens (tertiary/aromatic N) is 2. The number of hydrogen-bond donors (Lipinski definition) is 2. The third kappa shape index (κ3) is 6.10. The molecule has 32 heavy (non-hydrogen) atoms. The van der Waals surface area contributed by atoms with Crippen LogP contribution < -0.4 is 4.74 Å². The lowest BCUT2D eigenvalue weighted by atomic mass is 9.69. The van der Waals surface area contributed by atoms with Crippen LogP contribution in [0.2, 0.25) is 0 Å². The number of ether oxygens (including phenoxy) is 1. The van der Waals surface area contributed by atoms with Crippen molar-refractivity contribution in [1.82, 2.24) is 4.90 Å². The van der Waals surface area contributed by atoms with Crippen LogP contribution >= 0.6 is 0 Å². The minimum atomic E-state index is -0.622. The Bertz CT molecular complexity index is 920. The molecule has 5 heteroatoms. The number of benzene rings is 2. The third-order valence-corrected chi connectivity index (χ3v) is 6.61. The van der Waals surface area contributed by atoms with Crippen LogP contribution in [0, 0.1) is 24.2 Å². The molecule has 174 valence electrons. The van der Waals surface area contributed by atoms with Crippen molar-refractivity contribution in [3.05, 3.63) is 64.2 Å².